The van der Waals surface area contributed by atoms with Crippen LogP contribution in [0.4, 0.5) is 5.69 Å². The van der Waals surface area contributed by atoms with Crippen LogP contribution in [0.15, 0.2) is 54.6 Å². The molecule has 3 N–H and O–H groups in total. The zero-order valence-electron chi connectivity index (χ0n) is 13.4. The van der Waals surface area contributed by atoms with Crippen LogP contribution in [0.3, 0.4) is 0 Å². The van der Waals surface area contributed by atoms with Crippen LogP contribution >= 0.6 is 11.6 Å². The largest absolute Gasteiger partial charge is 0.326 e. The first-order valence-electron chi connectivity index (χ1n) is 7.35. The third kappa shape index (κ3) is 6.12. The summed E-state index contributed by atoms with van der Waals surface area (Å²) in [7, 11) is 0. The molecule has 0 bridgehead atoms. The van der Waals surface area contributed by atoms with Gasteiger partial charge < -0.3 is 5.32 Å². The highest BCUT2D eigenvalue weighted by Gasteiger charge is 2.06. The fourth-order valence-corrected chi connectivity index (χ4v) is 2.01. The zero-order chi connectivity index (χ0) is 18.2. The van der Waals surface area contributed by atoms with Crippen molar-refractivity contribution in [3.8, 4) is 0 Å². The lowest BCUT2D eigenvalue weighted by Crippen LogP contribution is -2.40. The maximum Gasteiger partial charge on any atom is 0.269 e. The Balaban J connectivity index is 1.85. The van der Waals surface area contributed by atoms with Crippen LogP contribution in [0.2, 0.25) is 5.02 Å². The number of halogens is 1. The number of carbonyl (C=O) groups is 3. The molecular weight excluding hydrogens is 342 g/mol. The summed E-state index contributed by atoms with van der Waals surface area (Å²) in [5, 5.41) is 3.21. The van der Waals surface area contributed by atoms with Gasteiger partial charge in [-0.25, -0.2) is 0 Å². The van der Waals surface area contributed by atoms with E-state index in [0.717, 1.165) is 5.56 Å². The van der Waals surface area contributed by atoms with E-state index in [9.17, 15) is 14.4 Å². The number of hydrazine groups is 1. The lowest BCUT2D eigenvalue weighted by molar-refractivity contribution is -0.117. The summed E-state index contributed by atoms with van der Waals surface area (Å²) in [6.45, 7) is 1.40. The standard InChI is InChI=1S/C18H16ClN3O3/c1-12(23)20-16-9-5-14(6-10-16)18(25)22-21-17(24)11-4-13-2-7-15(19)8-3-13/h2-11H,1H3,(H,20,23)(H,21,24)(H,22,25)/b11-4+. The molecule has 2 aromatic rings. The molecule has 0 spiro atoms. The molecule has 25 heavy (non-hydrogen) atoms. The fraction of sp³-hybridized carbons (Fsp3) is 0.0556. The van der Waals surface area contributed by atoms with Crippen LogP contribution < -0.4 is 16.2 Å². The number of anilines is 1. The highest BCUT2D eigenvalue weighted by molar-refractivity contribution is 6.30. The van der Waals surface area contributed by atoms with Gasteiger partial charge in [0.2, 0.25) is 5.91 Å². The highest BCUT2D eigenvalue weighted by Crippen LogP contribution is 2.11. The summed E-state index contributed by atoms with van der Waals surface area (Å²) < 4.78 is 0. The Morgan fingerprint density at radius 1 is 0.920 bits per heavy atom. The normalized spacial score (nSPS) is 10.3. The van der Waals surface area contributed by atoms with Crippen molar-refractivity contribution in [2.45, 2.75) is 6.92 Å². The summed E-state index contributed by atoms with van der Waals surface area (Å²) in [5.74, 6) is -1.14. The van der Waals surface area contributed by atoms with Gasteiger partial charge in [0.1, 0.15) is 0 Å². The fourth-order valence-electron chi connectivity index (χ4n) is 1.89. The second-order valence-corrected chi connectivity index (χ2v) is 5.52. The van der Waals surface area contributed by atoms with E-state index in [1.54, 1.807) is 42.5 Å². The Kier molecular flexibility index (Phi) is 6.31. The van der Waals surface area contributed by atoms with Crippen LogP contribution in [-0.2, 0) is 9.59 Å². The van der Waals surface area contributed by atoms with Gasteiger partial charge in [0.25, 0.3) is 11.8 Å². The average molecular weight is 358 g/mol. The van der Waals surface area contributed by atoms with E-state index in [0.29, 0.717) is 16.3 Å². The van der Waals surface area contributed by atoms with Crippen LogP contribution in [0.25, 0.3) is 6.08 Å². The summed E-state index contributed by atoms with van der Waals surface area (Å²) in [6, 6.07) is 13.2. The van der Waals surface area contributed by atoms with Crippen molar-refractivity contribution in [3.63, 3.8) is 0 Å². The molecule has 0 atom stereocenters. The molecular formula is C18H16ClN3O3. The Hall–Kier alpha value is -3.12. The third-order valence-corrected chi connectivity index (χ3v) is 3.32. The topological polar surface area (TPSA) is 87.3 Å². The van der Waals surface area contributed by atoms with Crippen LogP contribution in [0.5, 0.6) is 0 Å². The Labute approximate surface area is 149 Å². The number of amides is 3. The summed E-state index contributed by atoms with van der Waals surface area (Å²) in [4.78, 5) is 34.6. The molecule has 0 aliphatic heterocycles. The van der Waals surface area contributed by atoms with Gasteiger partial charge in [0.15, 0.2) is 0 Å². The Bertz CT molecular complexity index is 799. The maximum absolute atomic E-state index is 11.9. The van der Waals surface area contributed by atoms with Crippen molar-refractivity contribution in [1.29, 1.82) is 0 Å². The second-order valence-electron chi connectivity index (χ2n) is 5.09. The maximum atomic E-state index is 11.9. The Morgan fingerprint density at radius 2 is 1.56 bits per heavy atom. The van der Waals surface area contributed by atoms with Gasteiger partial charge >= 0.3 is 0 Å². The lowest BCUT2D eigenvalue weighted by atomic mass is 10.2. The smallest absolute Gasteiger partial charge is 0.269 e. The first kappa shape index (κ1) is 18.2. The summed E-state index contributed by atoms with van der Waals surface area (Å²) in [6.07, 6.45) is 2.89. The molecule has 3 amide bonds. The first-order chi connectivity index (χ1) is 11.9. The predicted molar refractivity (Wildman–Crippen MR) is 96.8 cm³/mol. The minimum Gasteiger partial charge on any atom is -0.326 e. The molecule has 6 nitrogen and oxygen atoms in total. The predicted octanol–water partition coefficient (Wildman–Crippen LogP) is 2.77. The Morgan fingerprint density at radius 3 is 2.16 bits per heavy atom. The van der Waals surface area contributed by atoms with E-state index in [1.165, 1.54) is 25.1 Å². The number of carbonyl (C=O) groups excluding carboxylic acids is 3. The third-order valence-electron chi connectivity index (χ3n) is 3.06. The number of benzene rings is 2. The van der Waals surface area contributed by atoms with Crippen LogP contribution in [0, 0.1) is 0 Å². The van der Waals surface area contributed by atoms with E-state index in [1.807, 2.05) is 0 Å². The summed E-state index contributed by atoms with van der Waals surface area (Å²) >= 11 is 5.78. The van der Waals surface area contributed by atoms with E-state index >= 15 is 0 Å². The zero-order valence-corrected chi connectivity index (χ0v) is 14.1. The molecule has 7 heteroatoms. The van der Waals surface area contributed by atoms with Gasteiger partial charge in [-0.3, -0.25) is 25.2 Å². The first-order valence-corrected chi connectivity index (χ1v) is 7.73. The molecule has 0 saturated carbocycles. The highest BCUT2D eigenvalue weighted by atomic mass is 35.5. The minimum atomic E-state index is -0.474. The number of hydrogen-bond donors (Lipinski definition) is 3. The van der Waals surface area contributed by atoms with Gasteiger partial charge in [-0.2, -0.15) is 0 Å². The van der Waals surface area contributed by atoms with Gasteiger partial charge in [-0.1, -0.05) is 23.7 Å². The quantitative estimate of drug-likeness (QED) is 0.580. The van der Waals surface area contributed by atoms with E-state index in [4.69, 9.17) is 11.6 Å². The molecule has 2 aromatic carbocycles. The van der Waals surface area contributed by atoms with Crippen LogP contribution in [-0.4, -0.2) is 17.7 Å². The molecule has 0 saturated heterocycles. The van der Waals surface area contributed by atoms with E-state index < -0.39 is 11.8 Å². The van der Waals surface area contributed by atoms with Gasteiger partial charge in [-0.15, -0.1) is 0 Å². The molecule has 128 valence electrons. The van der Waals surface area contributed by atoms with Crippen molar-refractivity contribution >= 4 is 41.1 Å². The second kappa shape index (κ2) is 8.65. The van der Waals surface area contributed by atoms with Crippen molar-refractivity contribution in [3.05, 3.63) is 70.8 Å². The van der Waals surface area contributed by atoms with Gasteiger partial charge in [0, 0.05) is 29.3 Å². The average Bonchev–Trinajstić information content (AvgIpc) is 2.59. The summed E-state index contributed by atoms with van der Waals surface area (Å²) in [5.41, 5.74) is 6.33. The lowest BCUT2D eigenvalue weighted by Gasteiger charge is -2.06. The monoisotopic (exact) mass is 357 g/mol. The van der Waals surface area contributed by atoms with Crippen molar-refractivity contribution in [2.75, 3.05) is 5.32 Å². The molecule has 2 rings (SSSR count). The van der Waals surface area contributed by atoms with Crippen molar-refractivity contribution < 1.29 is 14.4 Å². The van der Waals surface area contributed by atoms with E-state index in [-0.39, 0.29) is 5.91 Å². The molecule has 0 aliphatic carbocycles. The molecule has 0 unspecified atom stereocenters. The van der Waals surface area contributed by atoms with Gasteiger partial charge in [0.05, 0.1) is 0 Å². The number of rotatable bonds is 4. The number of nitrogens with one attached hydrogen (secondary N) is 3. The van der Waals surface area contributed by atoms with Crippen LogP contribution in [0.1, 0.15) is 22.8 Å². The SMILES string of the molecule is CC(=O)Nc1ccc(C(=O)NNC(=O)/C=C/c2ccc(Cl)cc2)cc1. The van der Waals surface area contributed by atoms with Crippen molar-refractivity contribution in [1.82, 2.24) is 10.9 Å². The van der Waals surface area contributed by atoms with Gasteiger partial charge in [-0.05, 0) is 48.0 Å². The van der Waals surface area contributed by atoms with E-state index in [2.05, 4.69) is 16.2 Å². The molecule has 0 heterocycles. The minimum absolute atomic E-state index is 0.197. The molecule has 0 radical (unpaired) electrons. The number of hydrogen-bond acceptors (Lipinski definition) is 3. The molecule has 0 aromatic heterocycles. The molecule has 0 fully saturated rings. The molecule has 0 aliphatic rings. The van der Waals surface area contributed by atoms with Crippen molar-refractivity contribution in [2.24, 2.45) is 0 Å².